The van der Waals surface area contributed by atoms with Crippen LogP contribution in [0.1, 0.15) is 24.2 Å². The number of nitrogens with zero attached hydrogens (tertiary/aromatic N) is 1. The van der Waals surface area contributed by atoms with Crippen LogP contribution in [0.3, 0.4) is 0 Å². The third-order valence-electron chi connectivity index (χ3n) is 3.31. The van der Waals surface area contributed by atoms with E-state index in [0.29, 0.717) is 23.0 Å². The molecule has 0 unspecified atom stereocenters. The van der Waals surface area contributed by atoms with Crippen molar-refractivity contribution in [2.24, 2.45) is 0 Å². The summed E-state index contributed by atoms with van der Waals surface area (Å²) in [4.78, 5) is 23.9. The van der Waals surface area contributed by atoms with Crippen molar-refractivity contribution in [2.75, 3.05) is 7.11 Å². The summed E-state index contributed by atoms with van der Waals surface area (Å²) in [6.07, 6.45) is 0. The molecule has 0 atom stereocenters. The lowest BCUT2D eigenvalue weighted by atomic mass is 10.1. The molecule has 0 radical (unpaired) electrons. The number of benzene rings is 1. The van der Waals surface area contributed by atoms with Gasteiger partial charge >= 0.3 is 0 Å². The maximum atomic E-state index is 12.4. The fourth-order valence-electron chi connectivity index (χ4n) is 2.28. The number of hydrogen-bond acceptors (Lipinski definition) is 3. The number of ketones is 1. The van der Waals surface area contributed by atoms with Crippen LogP contribution in [-0.4, -0.2) is 17.5 Å². The average Bonchev–Trinajstić information content (AvgIpc) is 2.46. The standard InChI is InChI=1S/C16H16ClNO3/c1-4-18-14(7-6-12(10(2)19)16(18)20)13-9-11(17)5-8-15(13)21-3/h5-9H,4H2,1-3H3. The zero-order valence-electron chi connectivity index (χ0n) is 12.1. The minimum absolute atomic E-state index is 0.182. The van der Waals surface area contributed by atoms with E-state index in [4.69, 9.17) is 16.3 Å². The number of carbonyl (C=O) groups excluding carboxylic acids is 1. The first-order valence-corrected chi connectivity index (χ1v) is 6.96. The number of pyridine rings is 1. The molecular formula is C16H16ClNO3. The molecular weight excluding hydrogens is 290 g/mol. The van der Waals surface area contributed by atoms with Crippen molar-refractivity contribution < 1.29 is 9.53 Å². The molecule has 2 aromatic rings. The molecule has 1 aromatic carbocycles. The summed E-state index contributed by atoms with van der Waals surface area (Å²) in [5, 5.41) is 0.552. The van der Waals surface area contributed by atoms with Gasteiger partial charge in [-0.3, -0.25) is 9.59 Å². The maximum absolute atomic E-state index is 12.4. The van der Waals surface area contributed by atoms with Crippen LogP contribution in [0.25, 0.3) is 11.3 Å². The number of rotatable bonds is 4. The first-order chi connectivity index (χ1) is 9.99. The second-order valence-corrected chi connectivity index (χ2v) is 5.02. The van der Waals surface area contributed by atoms with Gasteiger partial charge in [0.2, 0.25) is 0 Å². The molecule has 0 saturated carbocycles. The van der Waals surface area contributed by atoms with Gasteiger partial charge in [0.1, 0.15) is 5.75 Å². The van der Waals surface area contributed by atoms with Crippen molar-refractivity contribution in [1.29, 1.82) is 0 Å². The summed E-state index contributed by atoms with van der Waals surface area (Å²) >= 11 is 6.04. The summed E-state index contributed by atoms with van der Waals surface area (Å²) in [6, 6.07) is 8.51. The van der Waals surface area contributed by atoms with E-state index in [9.17, 15) is 9.59 Å². The summed E-state index contributed by atoms with van der Waals surface area (Å²) in [7, 11) is 1.56. The molecule has 0 spiro atoms. The van der Waals surface area contributed by atoms with E-state index in [2.05, 4.69) is 0 Å². The fourth-order valence-corrected chi connectivity index (χ4v) is 2.45. The van der Waals surface area contributed by atoms with Gasteiger partial charge < -0.3 is 9.30 Å². The van der Waals surface area contributed by atoms with E-state index in [-0.39, 0.29) is 16.9 Å². The number of Topliss-reactive ketones (excluding diaryl/α,β-unsaturated/α-hetero) is 1. The highest BCUT2D eigenvalue weighted by molar-refractivity contribution is 6.31. The number of aromatic nitrogens is 1. The lowest BCUT2D eigenvalue weighted by Crippen LogP contribution is -2.26. The van der Waals surface area contributed by atoms with Gasteiger partial charge in [0.05, 0.1) is 18.4 Å². The van der Waals surface area contributed by atoms with Gasteiger partial charge in [-0.1, -0.05) is 11.6 Å². The second-order valence-electron chi connectivity index (χ2n) is 4.58. The monoisotopic (exact) mass is 305 g/mol. The van der Waals surface area contributed by atoms with Crippen LogP contribution in [-0.2, 0) is 6.54 Å². The Balaban J connectivity index is 2.76. The molecule has 110 valence electrons. The summed E-state index contributed by atoms with van der Waals surface area (Å²) in [5.41, 5.74) is 1.28. The molecule has 21 heavy (non-hydrogen) atoms. The SMILES string of the molecule is CCn1c(-c2cc(Cl)ccc2OC)ccc(C(C)=O)c1=O. The third-order valence-corrected chi connectivity index (χ3v) is 3.54. The molecule has 0 bridgehead atoms. The Morgan fingerprint density at radius 3 is 2.57 bits per heavy atom. The first-order valence-electron chi connectivity index (χ1n) is 6.58. The highest BCUT2D eigenvalue weighted by Gasteiger charge is 2.15. The number of halogens is 1. The molecule has 0 saturated heterocycles. The Morgan fingerprint density at radius 2 is 2.00 bits per heavy atom. The van der Waals surface area contributed by atoms with Crippen molar-refractivity contribution in [3.63, 3.8) is 0 Å². The Kier molecular flexibility index (Phi) is 4.48. The predicted molar refractivity (Wildman–Crippen MR) is 83.4 cm³/mol. The zero-order valence-corrected chi connectivity index (χ0v) is 12.9. The minimum Gasteiger partial charge on any atom is -0.496 e. The number of carbonyl (C=O) groups is 1. The quantitative estimate of drug-likeness (QED) is 0.813. The molecule has 0 aliphatic heterocycles. The van der Waals surface area contributed by atoms with E-state index in [1.54, 1.807) is 42.0 Å². The number of methoxy groups -OCH3 is 1. The van der Waals surface area contributed by atoms with Gasteiger partial charge in [0.15, 0.2) is 5.78 Å². The normalized spacial score (nSPS) is 10.5. The van der Waals surface area contributed by atoms with Crippen LogP contribution < -0.4 is 10.3 Å². The van der Waals surface area contributed by atoms with Crippen LogP contribution in [0.5, 0.6) is 5.75 Å². The summed E-state index contributed by atoms with van der Waals surface area (Å²) in [5.74, 6) is 0.378. The highest BCUT2D eigenvalue weighted by atomic mass is 35.5. The predicted octanol–water partition coefficient (Wildman–Crippen LogP) is 3.40. The Morgan fingerprint density at radius 1 is 1.29 bits per heavy atom. The smallest absolute Gasteiger partial charge is 0.261 e. The fraction of sp³-hybridized carbons (Fsp3) is 0.250. The van der Waals surface area contributed by atoms with Gasteiger partial charge in [0, 0.05) is 17.1 Å². The van der Waals surface area contributed by atoms with Crippen LogP contribution in [0.15, 0.2) is 35.1 Å². The second kappa shape index (κ2) is 6.14. The van der Waals surface area contributed by atoms with Crippen molar-refractivity contribution in [2.45, 2.75) is 20.4 Å². The van der Waals surface area contributed by atoms with E-state index in [1.807, 2.05) is 6.92 Å². The summed E-state index contributed by atoms with van der Waals surface area (Å²) in [6.45, 7) is 3.69. The number of hydrogen-bond donors (Lipinski definition) is 0. The summed E-state index contributed by atoms with van der Waals surface area (Å²) < 4.78 is 6.88. The molecule has 4 nitrogen and oxygen atoms in total. The maximum Gasteiger partial charge on any atom is 0.261 e. The van der Waals surface area contributed by atoms with Crippen molar-refractivity contribution >= 4 is 17.4 Å². The zero-order chi connectivity index (χ0) is 15.6. The minimum atomic E-state index is -0.301. The molecule has 1 aromatic heterocycles. The molecule has 0 N–H and O–H groups in total. The van der Waals surface area contributed by atoms with Crippen LogP contribution >= 0.6 is 11.6 Å². The largest absolute Gasteiger partial charge is 0.496 e. The highest BCUT2D eigenvalue weighted by Crippen LogP contribution is 2.32. The van der Waals surface area contributed by atoms with E-state index in [1.165, 1.54) is 6.92 Å². The molecule has 5 heteroatoms. The van der Waals surface area contributed by atoms with Crippen LogP contribution in [0.2, 0.25) is 5.02 Å². The van der Waals surface area contributed by atoms with E-state index in [0.717, 1.165) is 5.56 Å². The lowest BCUT2D eigenvalue weighted by molar-refractivity contribution is 0.101. The first kappa shape index (κ1) is 15.3. The van der Waals surface area contributed by atoms with Crippen molar-refractivity contribution in [1.82, 2.24) is 4.57 Å². The van der Waals surface area contributed by atoms with Crippen LogP contribution in [0.4, 0.5) is 0 Å². The van der Waals surface area contributed by atoms with Crippen molar-refractivity contribution in [3.8, 4) is 17.0 Å². The Labute approximate surface area is 127 Å². The molecule has 2 rings (SSSR count). The topological polar surface area (TPSA) is 48.3 Å². The van der Waals surface area contributed by atoms with Crippen molar-refractivity contribution in [3.05, 3.63) is 51.3 Å². The van der Waals surface area contributed by atoms with Gasteiger partial charge in [-0.15, -0.1) is 0 Å². The Hall–Kier alpha value is -2.07. The Bertz CT molecular complexity index is 750. The number of ether oxygens (including phenoxy) is 1. The third kappa shape index (κ3) is 2.85. The van der Waals surface area contributed by atoms with E-state index < -0.39 is 0 Å². The van der Waals surface area contributed by atoms with Gasteiger partial charge in [-0.2, -0.15) is 0 Å². The molecule has 0 aliphatic carbocycles. The van der Waals surface area contributed by atoms with Gasteiger partial charge in [-0.25, -0.2) is 0 Å². The molecule has 0 fully saturated rings. The van der Waals surface area contributed by atoms with E-state index >= 15 is 0 Å². The van der Waals surface area contributed by atoms with Gasteiger partial charge in [-0.05, 0) is 44.2 Å². The molecule has 0 aliphatic rings. The van der Waals surface area contributed by atoms with Gasteiger partial charge in [0.25, 0.3) is 5.56 Å². The molecule has 0 amide bonds. The van der Waals surface area contributed by atoms with Crippen LogP contribution in [0, 0.1) is 0 Å². The molecule has 1 heterocycles. The average molecular weight is 306 g/mol. The lowest BCUT2D eigenvalue weighted by Gasteiger charge is -2.15.